The van der Waals surface area contributed by atoms with Gasteiger partial charge in [-0.25, -0.2) is 8.42 Å². The number of nitrogens with zero attached hydrogens (tertiary/aromatic N) is 1. The van der Waals surface area contributed by atoms with E-state index >= 15 is 0 Å². The fourth-order valence-electron chi connectivity index (χ4n) is 2.27. The third kappa shape index (κ3) is 2.98. The Morgan fingerprint density at radius 1 is 1.26 bits per heavy atom. The number of amides is 1. The predicted molar refractivity (Wildman–Crippen MR) is 74.4 cm³/mol. The molecule has 1 aliphatic heterocycles. The molecule has 1 heterocycles. The van der Waals surface area contributed by atoms with E-state index in [1.165, 1.54) is 0 Å². The lowest BCUT2D eigenvalue weighted by Crippen LogP contribution is -2.49. The summed E-state index contributed by atoms with van der Waals surface area (Å²) in [5.41, 5.74) is 12.5. The molecule has 0 aliphatic carbocycles. The summed E-state index contributed by atoms with van der Waals surface area (Å²) in [5, 5.41) is 0. The van der Waals surface area contributed by atoms with Crippen LogP contribution >= 0.6 is 0 Å². The van der Waals surface area contributed by atoms with E-state index in [0.717, 1.165) is 0 Å². The zero-order chi connectivity index (χ0) is 14.2. The van der Waals surface area contributed by atoms with Crippen molar-refractivity contribution in [2.75, 3.05) is 29.5 Å². The average molecular weight is 283 g/mol. The third-order valence-electron chi connectivity index (χ3n) is 3.16. The van der Waals surface area contributed by atoms with Gasteiger partial charge in [-0.3, -0.25) is 4.79 Å². The van der Waals surface area contributed by atoms with E-state index in [0.29, 0.717) is 16.9 Å². The van der Waals surface area contributed by atoms with Crippen LogP contribution in [-0.4, -0.2) is 43.3 Å². The van der Waals surface area contributed by atoms with Gasteiger partial charge >= 0.3 is 0 Å². The molecule has 19 heavy (non-hydrogen) atoms. The van der Waals surface area contributed by atoms with E-state index in [-0.39, 0.29) is 30.0 Å². The summed E-state index contributed by atoms with van der Waals surface area (Å²) in [5.74, 6) is -0.237. The van der Waals surface area contributed by atoms with E-state index in [9.17, 15) is 13.2 Å². The van der Waals surface area contributed by atoms with Crippen molar-refractivity contribution >= 4 is 27.1 Å². The summed E-state index contributed by atoms with van der Waals surface area (Å²) in [6.07, 6.45) is 0. The van der Waals surface area contributed by atoms with Gasteiger partial charge in [0, 0.05) is 29.5 Å². The highest BCUT2D eigenvalue weighted by molar-refractivity contribution is 7.91. The summed E-state index contributed by atoms with van der Waals surface area (Å²) < 4.78 is 23.0. The molecule has 104 valence electrons. The normalized spacial score (nSPS) is 22.2. The number of hydrogen-bond donors (Lipinski definition) is 2. The van der Waals surface area contributed by atoms with Gasteiger partial charge in [-0.1, -0.05) is 0 Å². The van der Waals surface area contributed by atoms with E-state index in [2.05, 4.69) is 0 Å². The first-order valence-electron chi connectivity index (χ1n) is 5.96. The first-order chi connectivity index (χ1) is 8.78. The zero-order valence-corrected chi connectivity index (χ0v) is 11.5. The van der Waals surface area contributed by atoms with Crippen LogP contribution in [0, 0.1) is 0 Å². The quantitative estimate of drug-likeness (QED) is 0.711. The first-order valence-corrected chi connectivity index (χ1v) is 7.78. The lowest BCUT2D eigenvalue weighted by Gasteiger charge is -2.33. The van der Waals surface area contributed by atoms with Crippen LogP contribution < -0.4 is 11.5 Å². The van der Waals surface area contributed by atoms with E-state index in [4.69, 9.17) is 11.5 Å². The van der Waals surface area contributed by atoms with Crippen molar-refractivity contribution in [1.29, 1.82) is 0 Å². The van der Waals surface area contributed by atoms with Gasteiger partial charge in [0.15, 0.2) is 9.84 Å². The second-order valence-corrected chi connectivity index (χ2v) is 7.08. The molecule has 1 aromatic carbocycles. The van der Waals surface area contributed by atoms with Crippen LogP contribution in [0.25, 0.3) is 0 Å². The number of carbonyl (C=O) groups is 1. The number of nitrogens with two attached hydrogens (primary N) is 2. The van der Waals surface area contributed by atoms with Crippen molar-refractivity contribution in [1.82, 2.24) is 4.90 Å². The van der Waals surface area contributed by atoms with Crippen LogP contribution in [-0.2, 0) is 9.84 Å². The van der Waals surface area contributed by atoms with Crippen molar-refractivity contribution in [3.8, 4) is 0 Å². The van der Waals surface area contributed by atoms with Crippen molar-refractivity contribution in [2.24, 2.45) is 0 Å². The summed E-state index contributed by atoms with van der Waals surface area (Å²) in [7, 11) is -3.04. The molecule has 7 heteroatoms. The fraction of sp³-hybridized carbons (Fsp3) is 0.417. The third-order valence-corrected chi connectivity index (χ3v) is 4.95. The Hall–Kier alpha value is -1.76. The smallest absolute Gasteiger partial charge is 0.254 e. The summed E-state index contributed by atoms with van der Waals surface area (Å²) in [6, 6.07) is 4.33. The van der Waals surface area contributed by atoms with Gasteiger partial charge in [0.1, 0.15) is 0 Å². The molecule has 1 aromatic rings. The second kappa shape index (κ2) is 4.73. The molecular weight excluding hydrogens is 266 g/mol. The molecule has 0 bridgehead atoms. The maximum atomic E-state index is 12.3. The van der Waals surface area contributed by atoms with Gasteiger partial charge in [-0.05, 0) is 25.1 Å². The predicted octanol–water partition coefficient (Wildman–Crippen LogP) is 0.110. The molecule has 4 N–H and O–H groups in total. The van der Waals surface area contributed by atoms with Gasteiger partial charge in [0.25, 0.3) is 5.91 Å². The van der Waals surface area contributed by atoms with Crippen LogP contribution in [0.3, 0.4) is 0 Å². The molecule has 1 fully saturated rings. The zero-order valence-electron chi connectivity index (χ0n) is 10.7. The molecular formula is C12H17N3O3S. The molecule has 2 rings (SSSR count). The van der Waals surface area contributed by atoms with Crippen LogP contribution in [0.15, 0.2) is 18.2 Å². The number of hydrogen-bond acceptors (Lipinski definition) is 5. The maximum Gasteiger partial charge on any atom is 0.254 e. The number of rotatable bonds is 1. The molecule has 0 radical (unpaired) electrons. The Morgan fingerprint density at radius 3 is 2.37 bits per heavy atom. The van der Waals surface area contributed by atoms with Crippen molar-refractivity contribution in [3.63, 3.8) is 0 Å². The minimum Gasteiger partial charge on any atom is -0.399 e. The van der Waals surface area contributed by atoms with Crippen molar-refractivity contribution in [3.05, 3.63) is 23.8 Å². The molecule has 6 nitrogen and oxygen atoms in total. The Kier molecular flexibility index (Phi) is 3.40. The number of benzene rings is 1. The number of nitrogen functional groups attached to an aromatic ring is 2. The Morgan fingerprint density at radius 2 is 1.84 bits per heavy atom. The van der Waals surface area contributed by atoms with Crippen LogP contribution in [0.5, 0.6) is 0 Å². The van der Waals surface area contributed by atoms with Gasteiger partial charge in [0.2, 0.25) is 0 Å². The molecule has 1 atom stereocenters. The molecule has 1 saturated heterocycles. The Labute approximate surface area is 112 Å². The summed E-state index contributed by atoms with van der Waals surface area (Å²) in [4.78, 5) is 13.9. The number of carbonyl (C=O) groups excluding carboxylic acids is 1. The SMILES string of the molecule is CC1CS(=O)(=O)CCN1C(=O)c1cc(N)cc(N)c1. The Balaban J connectivity index is 2.25. The van der Waals surface area contributed by atoms with Gasteiger partial charge in [-0.15, -0.1) is 0 Å². The standard InChI is InChI=1S/C12H17N3O3S/c1-8-7-19(17,18)3-2-15(8)12(16)9-4-10(13)6-11(14)5-9/h4-6,8H,2-3,7,13-14H2,1H3. The van der Waals surface area contributed by atoms with Crippen molar-refractivity contribution in [2.45, 2.75) is 13.0 Å². The van der Waals surface area contributed by atoms with Crippen LogP contribution in [0.2, 0.25) is 0 Å². The van der Waals surface area contributed by atoms with E-state index in [1.54, 1.807) is 30.0 Å². The lowest BCUT2D eigenvalue weighted by atomic mass is 10.1. The average Bonchev–Trinajstić information content (AvgIpc) is 2.25. The molecule has 1 unspecified atom stereocenters. The van der Waals surface area contributed by atoms with E-state index < -0.39 is 9.84 Å². The van der Waals surface area contributed by atoms with Crippen LogP contribution in [0.4, 0.5) is 11.4 Å². The lowest BCUT2D eigenvalue weighted by molar-refractivity contribution is 0.0712. The topological polar surface area (TPSA) is 106 Å². The van der Waals surface area contributed by atoms with E-state index in [1.807, 2.05) is 0 Å². The Bertz CT molecular complexity index is 592. The maximum absolute atomic E-state index is 12.3. The highest BCUT2D eigenvalue weighted by Gasteiger charge is 2.31. The van der Waals surface area contributed by atoms with Gasteiger partial charge < -0.3 is 16.4 Å². The molecule has 1 amide bonds. The highest BCUT2D eigenvalue weighted by atomic mass is 32.2. The number of sulfone groups is 1. The fourth-order valence-corrected chi connectivity index (χ4v) is 3.82. The highest BCUT2D eigenvalue weighted by Crippen LogP contribution is 2.19. The number of anilines is 2. The van der Waals surface area contributed by atoms with Gasteiger partial charge in [-0.2, -0.15) is 0 Å². The van der Waals surface area contributed by atoms with Crippen LogP contribution in [0.1, 0.15) is 17.3 Å². The minimum atomic E-state index is -3.04. The molecule has 0 saturated carbocycles. The van der Waals surface area contributed by atoms with Gasteiger partial charge in [0.05, 0.1) is 11.5 Å². The van der Waals surface area contributed by atoms with Crippen molar-refractivity contribution < 1.29 is 13.2 Å². The molecule has 0 spiro atoms. The minimum absolute atomic E-state index is 0.000871. The molecule has 0 aromatic heterocycles. The monoisotopic (exact) mass is 283 g/mol. The summed E-state index contributed by atoms with van der Waals surface area (Å²) in [6.45, 7) is 1.93. The largest absolute Gasteiger partial charge is 0.399 e. The second-order valence-electron chi connectivity index (χ2n) is 4.85. The molecule has 1 aliphatic rings. The summed E-state index contributed by atoms with van der Waals surface area (Å²) >= 11 is 0. The first kappa shape index (κ1) is 13.7.